The molecule has 0 saturated carbocycles. The van der Waals surface area contributed by atoms with Gasteiger partial charge in [0.15, 0.2) is 0 Å². The highest BCUT2D eigenvalue weighted by atomic mass is 35.5. The molecular formula is C18H16ClN3O3S. The highest BCUT2D eigenvalue weighted by Crippen LogP contribution is 2.24. The molecule has 2 aromatic carbocycles. The Morgan fingerprint density at radius 2 is 1.85 bits per heavy atom. The summed E-state index contributed by atoms with van der Waals surface area (Å²) in [4.78, 5) is 16.9. The molecule has 1 aromatic heterocycles. The summed E-state index contributed by atoms with van der Waals surface area (Å²) in [6.07, 6.45) is 1.54. The quantitative estimate of drug-likeness (QED) is 0.741. The zero-order valence-electron chi connectivity index (χ0n) is 14.1. The second-order valence-corrected chi connectivity index (χ2v) is 8.36. The third kappa shape index (κ3) is 3.55. The standard InChI is InChI=1S/C18H16ClN3O3S/c1-22(2)26(24,25)14-7-8-16(19)15(10-14)18(23)21-13-9-12-5-3-4-6-17(12)20-11-13/h3-11H,1-2H3,(H,21,23). The molecule has 0 bridgehead atoms. The summed E-state index contributed by atoms with van der Waals surface area (Å²) in [5.74, 6) is -0.511. The number of nitrogens with zero attached hydrogens (tertiary/aromatic N) is 2. The summed E-state index contributed by atoms with van der Waals surface area (Å²) in [6, 6.07) is 13.3. The number of carbonyl (C=O) groups is 1. The summed E-state index contributed by atoms with van der Waals surface area (Å²) >= 11 is 6.10. The molecule has 8 heteroatoms. The zero-order valence-corrected chi connectivity index (χ0v) is 15.7. The number of sulfonamides is 1. The minimum atomic E-state index is -3.67. The maximum Gasteiger partial charge on any atom is 0.257 e. The van der Waals surface area contributed by atoms with Crippen molar-refractivity contribution < 1.29 is 13.2 Å². The summed E-state index contributed by atoms with van der Waals surface area (Å²) in [5, 5.41) is 3.74. The Morgan fingerprint density at radius 3 is 2.58 bits per heavy atom. The maximum absolute atomic E-state index is 12.6. The van der Waals surface area contributed by atoms with Gasteiger partial charge in [-0.2, -0.15) is 0 Å². The van der Waals surface area contributed by atoms with Gasteiger partial charge < -0.3 is 5.32 Å². The Labute approximate surface area is 156 Å². The van der Waals surface area contributed by atoms with Crippen LogP contribution in [0.5, 0.6) is 0 Å². The SMILES string of the molecule is CN(C)S(=O)(=O)c1ccc(Cl)c(C(=O)Nc2cnc3ccccc3c2)c1. The first-order valence-electron chi connectivity index (χ1n) is 7.67. The number of anilines is 1. The van der Waals surface area contributed by atoms with Crippen LogP contribution in [0.2, 0.25) is 5.02 Å². The van der Waals surface area contributed by atoms with Crippen LogP contribution in [-0.2, 0) is 10.0 Å². The lowest BCUT2D eigenvalue weighted by Crippen LogP contribution is -2.23. The third-order valence-corrected chi connectivity index (χ3v) is 5.95. The van der Waals surface area contributed by atoms with Gasteiger partial charge >= 0.3 is 0 Å². The molecule has 0 saturated heterocycles. The molecule has 134 valence electrons. The third-order valence-electron chi connectivity index (χ3n) is 3.81. The Kier molecular flexibility index (Phi) is 4.95. The van der Waals surface area contributed by atoms with Crippen LogP contribution in [0.15, 0.2) is 59.6 Å². The normalized spacial score (nSPS) is 11.7. The van der Waals surface area contributed by atoms with Gasteiger partial charge in [0.1, 0.15) is 0 Å². The van der Waals surface area contributed by atoms with Crippen molar-refractivity contribution in [3.63, 3.8) is 0 Å². The van der Waals surface area contributed by atoms with Crippen molar-refractivity contribution in [2.45, 2.75) is 4.90 Å². The molecule has 0 radical (unpaired) electrons. The summed E-state index contributed by atoms with van der Waals surface area (Å²) in [6.45, 7) is 0. The number of halogens is 1. The maximum atomic E-state index is 12.6. The summed E-state index contributed by atoms with van der Waals surface area (Å²) < 4.78 is 25.6. The number of fused-ring (bicyclic) bond motifs is 1. The smallest absolute Gasteiger partial charge is 0.257 e. The number of rotatable bonds is 4. The summed E-state index contributed by atoms with van der Waals surface area (Å²) in [5.41, 5.74) is 1.37. The number of benzene rings is 2. The van der Waals surface area contributed by atoms with E-state index in [2.05, 4.69) is 10.3 Å². The van der Waals surface area contributed by atoms with Gasteiger partial charge in [0.05, 0.1) is 32.9 Å². The molecule has 0 atom stereocenters. The van der Waals surface area contributed by atoms with Crippen molar-refractivity contribution in [2.75, 3.05) is 19.4 Å². The van der Waals surface area contributed by atoms with E-state index in [1.165, 1.54) is 38.5 Å². The molecule has 1 amide bonds. The van der Waals surface area contributed by atoms with Crippen LogP contribution < -0.4 is 5.32 Å². The van der Waals surface area contributed by atoms with Crippen molar-refractivity contribution in [3.8, 4) is 0 Å². The largest absolute Gasteiger partial charge is 0.321 e. The highest BCUT2D eigenvalue weighted by Gasteiger charge is 2.21. The number of aromatic nitrogens is 1. The van der Waals surface area contributed by atoms with E-state index < -0.39 is 15.9 Å². The number of carbonyl (C=O) groups excluding carboxylic acids is 1. The van der Waals surface area contributed by atoms with Gasteiger partial charge in [0.2, 0.25) is 10.0 Å². The molecule has 1 N–H and O–H groups in total. The molecule has 1 heterocycles. The monoisotopic (exact) mass is 389 g/mol. The number of para-hydroxylation sites is 1. The first-order valence-corrected chi connectivity index (χ1v) is 9.49. The molecule has 0 aliphatic heterocycles. The van der Waals surface area contributed by atoms with Crippen molar-refractivity contribution in [1.82, 2.24) is 9.29 Å². The number of pyridine rings is 1. The molecule has 26 heavy (non-hydrogen) atoms. The first-order chi connectivity index (χ1) is 12.3. The average molecular weight is 390 g/mol. The van der Waals surface area contributed by atoms with Crippen LogP contribution in [-0.4, -0.2) is 37.7 Å². The molecule has 3 rings (SSSR count). The van der Waals surface area contributed by atoms with E-state index in [0.717, 1.165) is 15.2 Å². The van der Waals surface area contributed by atoms with Crippen LogP contribution >= 0.6 is 11.6 Å². The van der Waals surface area contributed by atoms with Gasteiger partial charge in [-0.25, -0.2) is 12.7 Å². The molecule has 6 nitrogen and oxygen atoms in total. The lowest BCUT2D eigenvalue weighted by molar-refractivity contribution is 0.102. The van der Waals surface area contributed by atoms with Crippen molar-refractivity contribution in [3.05, 3.63) is 65.3 Å². The predicted molar refractivity (Wildman–Crippen MR) is 102 cm³/mol. The van der Waals surface area contributed by atoms with Gasteiger partial charge in [-0.15, -0.1) is 0 Å². The van der Waals surface area contributed by atoms with Gasteiger partial charge in [0.25, 0.3) is 5.91 Å². The molecule has 0 fully saturated rings. The number of amides is 1. The molecule has 0 spiro atoms. The number of nitrogens with one attached hydrogen (secondary N) is 1. The van der Waals surface area contributed by atoms with E-state index in [-0.39, 0.29) is 15.5 Å². The van der Waals surface area contributed by atoms with Crippen LogP contribution in [0.25, 0.3) is 10.9 Å². The average Bonchev–Trinajstić information content (AvgIpc) is 2.61. The lowest BCUT2D eigenvalue weighted by atomic mass is 10.2. The fraction of sp³-hybridized carbons (Fsp3) is 0.111. The fourth-order valence-electron chi connectivity index (χ4n) is 2.39. The zero-order chi connectivity index (χ0) is 18.9. The van der Waals surface area contributed by atoms with Gasteiger partial charge in [0, 0.05) is 19.5 Å². The van der Waals surface area contributed by atoms with E-state index in [0.29, 0.717) is 5.69 Å². The Balaban J connectivity index is 1.94. The second kappa shape index (κ2) is 7.03. The Bertz CT molecular complexity index is 1100. The second-order valence-electron chi connectivity index (χ2n) is 5.80. The first kappa shape index (κ1) is 18.3. The van der Waals surface area contributed by atoms with Crippen molar-refractivity contribution >= 4 is 44.1 Å². The van der Waals surface area contributed by atoms with Gasteiger partial charge in [-0.3, -0.25) is 9.78 Å². The number of hydrogen-bond donors (Lipinski definition) is 1. The van der Waals surface area contributed by atoms with Gasteiger partial charge in [-0.05, 0) is 30.3 Å². The van der Waals surface area contributed by atoms with Crippen LogP contribution in [0.1, 0.15) is 10.4 Å². The van der Waals surface area contributed by atoms with E-state index in [1.807, 2.05) is 24.3 Å². The van der Waals surface area contributed by atoms with E-state index >= 15 is 0 Å². The Hall–Kier alpha value is -2.48. The molecule has 0 aliphatic rings. The van der Waals surface area contributed by atoms with E-state index in [4.69, 9.17) is 11.6 Å². The van der Waals surface area contributed by atoms with Crippen molar-refractivity contribution in [2.24, 2.45) is 0 Å². The van der Waals surface area contributed by atoms with Crippen molar-refractivity contribution in [1.29, 1.82) is 0 Å². The Morgan fingerprint density at radius 1 is 1.12 bits per heavy atom. The molecular weight excluding hydrogens is 374 g/mol. The fourth-order valence-corrected chi connectivity index (χ4v) is 3.52. The highest BCUT2D eigenvalue weighted by molar-refractivity contribution is 7.89. The van der Waals surface area contributed by atoms with Gasteiger partial charge in [-0.1, -0.05) is 29.8 Å². The van der Waals surface area contributed by atoms with Crippen LogP contribution in [0.3, 0.4) is 0 Å². The minimum Gasteiger partial charge on any atom is -0.321 e. The minimum absolute atomic E-state index is 0.00585. The molecule has 3 aromatic rings. The van der Waals surface area contributed by atoms with Crippen LogP contribution in [0.4, 0.5) is 5.69 Å². The topological polar surface area (TPSA) is 79.4 Å². The summed E-state index contributed by atoms with van der Waals surface area (Å²) in [7, 11) is -0.827. The van der Waals surface area contributed by atoms with Crippen LogP contribution in [0, 0.1) is 0 Å². The molecule has 0 unspecified atom stereocenters. The van der Waals surface area contributed by atoms with E-state index in [9.17, 15) is 13.2 Å². The van der Waals surface area contributed by atoms with E-state index in [1.54, 1.807) is 6.07 Å². The number of hydrogen-bond acceptors (Lipinski definition) is 4. The lowest BCUT2D eigenvalue weighted by Gasteiger charge is -2.13. The molecule has 0 aliphatic carbocycles. The predicted octanol–water partition coefficient (Wildman–Crippen LogP) is 3.39.